The van der Waals surface area contributed by atoms with Crippen LogP contribution in [0.5, 0.6) is 0 Å². The van der Waals surface area contributed by atoms with Crippen LogP contribution >= 0.6 is 0 Å². The highest BCUT2D eigenvalue weighted by Crippen LogP contribution is 2.27. The molecule has 0 aliphatic heterocycles. The maximum absolute atomic E-state index is 13.6. The van der Waals surface area contributed by atoms with E-state index >= 15 is 0 Å². The maximum atomic E-state index is 13.6. The van der Waals surface area contributed by atoms with Crippen LogP contribution in [0.15, 0.2) is 65.5 Å². The minimum atomic E-state index is -0.210. The number of carbonyl (C=O) groups is 1. The molecule has 3 aromatic heterocycles. The van der Waals surface area contributed by atoms with E-state index in [1.54, 1.807) is 15.3 Å². The summed E-state index contributed by atoms with van der Waals surface area (Å²) in [5, 5.41) is 6.52. The zero-order valence-electron chi connectivity index (χ0n) is 18.6. The number of aryl methyl sites for hydroxylation is 3. The first kappa shape index (κ1) is 20.0. The monoisotopic (exact) mass is 424 g/mol. The lowest BCUT2D eigenvalue weighted by molar-refractivity contribution is 0.0973. The predicted octanol–water partition coefficient (Wildman–Crippen LogP) is 4.49. The van der Waals surface area contributed by atoms with Gasteiger partial charge in [0.1, 0.15) is 5.65 Å². The molecule has 0 saturated carbocycles. The SMILES string of the molecule is Cc1cc(=O)n(CC(=O)c2c(C)n(C)c3ccccc23)c2c1c(C)nn2-c1ccccc1. The van der Waals surface area contributed by atoms with Crippen molar-refractivity contribution in [2.75, 3.05) is 0 Å². The van der Waals surface area contributed by atoms with Crippen molar-refractivity contribution < 1.29 is 4.79 Å². The van der Waals surface area contributed by atoms with Crippen molar-refractivity contribution in [2.24, 2.45) is 7.05 Å². The van der Waals surface area contributed by atoms with Crippen LogP contribution in [0.2, 0.25) is 0 Å². The number of pyridine rings is 1. The van der Waals surface area contributed by atoms with Crippen molar-refractivity contribution in [3.05, 3.63) is 93.5 Å². The summed E-state index contributed by atoms with van der Waals surface area (Å²) in [6, 6.07) is 19.1. The molecule has 2 aromatic carbocycles. The quantitative estimate of drug-likeness (QED) is 0.400. The van der Waals surface area contributed by atoms with Crippen molar-refractivity contribution in [3.8, 4) is 5.69 Å². The summed E-state index contributed by atoms with van der Waals surface area (Å²) in [6.45, 7) is 5.73. The largest absolute Gasteiger partial charge is 0.347 e. The lowest BCUT2D eigenvalue weighted by Gasteiger charge is -2.12. The average Bonchev–Trinajstić information content (AvgIpc) is 3.26. The molecule has 0 saturated heterocycles. The second-order valence-electron chi connectivity index (χ2n) is 8.24. The average molecular weight is 425 g/mol. The van der Waals surface area contributed by atoms with E-state index in [1.165, 1.54) is 0 Å². The fourth-order valence-electron chi connectivity index (χ4n) is 4.66. The van der Waals surface area contributed by atoms with E-state index in [0.29, 0.717) is 11.2 Å². The van der Waals surface area contributed by atoms with Gasteiger partial charge in [-0.25, -0.2) is 4.68 Å². The van der Waals surface area contributed by atoms with Gasteiger partial charge in [0.15, 0.2) is 5.78 Å². The van der Waals surface area contributed by atoms with E-state index in [-0.39, 0.29) is 17.9 Å². The number of Topliss-reactive ketones (excluding diaryl/α,β-unsaturated/α-hetero) is 1. The number of fused-ring (bicyclic) bond motifs is 2. The number of hydrogen-bond donors (Lipinski definition) is 0. The van der Waals surface area contributed by atoms with Crippen molar-refractivity contribution in [1.82, 2.24) is 18.9 Å². The van der Waals surface area contributed by atoms with E-state index in [0.717, 1.165) is 38.9 Å². The van der Waals surface area contributed by atoms with Gasteiger partial charge in [0.2, 0.25) is 0 Å². The second-order valence-corrected chi connectivity index (χ2v) is 8.24. The van der Waals surface area contributed by atoms with Gasteiger partial charge in [-0.3, -0.25) is 14.2 Å². The molecule has 160 valence electrons. The molecule has 0 aliphatic rings. The highest BCUT2D eigenvalue weighted by atomic mass is 16.1. The molecular weight excluding hydrogens is 400 g/mol. The number of ketones is 1. The summed E-state index contributed by atoms with van der Waals surface area (Å²) in [5.74, 6) is -0.0926. The van der Waals surface area contributed by atoms with Crippen molar-refractivity contribution >= 4 is 27.7 Å². The molecule has 0 fully saturated rings. The van der Waals surface area contributed by atoms with Crippen LogP contribution < -0.4 is 5.56 Å². The minimum Gasteiger partial charge on any atom is -0.347 e. The first-order chi connectivity index (χ1) is 15.4. The number of hydrogen-bond acceptors (Lipinski definition) is 3. The molecule has 0 amide bonds. The van der Waals surface area contributed by atoms with Crippen molar-refractivity contribution in [3.63, 3.8) is 0 Å². The Kier molecular flexibility index (Phi) is 4.59. The van der Waals surface area contributed by atoms with Crippen molar-refractivity contribution in [2.45, 2.75) is 27.3 Å². The van der Waals surface area contributed by atoms with Gasteiger partial charge in [-0.15, -0.1) is 0 Å². The van der Waals surface area contributed by atoms with Gasteiger partial charge in [-0.05, 0) is 44.5 Å². The summed E-state index contributed by atoms with van der Waals surface area (Å²) in [6.07, 6.45) is 0. The van der Waals surface area contributed by atoms with Crippen LogP contribution in [0.3, 0.4) is 0 Å². The van der Waals surface area contributed by atoms with Crippen LogP contribution in [0.1, 0.15) is 27.3 Å². The molecule has 5 rings (SSSR count). The molecule has 32 heavy (non-hydrogen) atoms. The van der Waals surface area contributed by atoms with Gasteiger partial charge in [0, 0.05) is 40.7 Å². The smallest absolute Gasteiger partial charge is 0.252 e. The Hall–Kier alpha value is -3.93. The first-order valence-electron chi connectivity index (χ1n) is 10.6. The van der Waals surface area contributed by atoms with Crippen LogP contribution in [0.25, 0.3) is 27.6 Å². The Balaban J connectivity index is 1.73. The molecule has 6 nitrogen and oxygen atoms in total. The number of aromatic nitrogens is 4. The highest BCUT2D eigenvalue weighted by molar-refractivity contribution is 6.09. The molecule has 0 atom stereocenters. The van der Waals surface area contributed by atoms with E-state index in [1.807, 2.05) is 87.0 Å². The fourth-order valence-corrected chi connectivity index (χ4v) is 4.66. The second kappa shape index (κ2) is 7.34. The fraction of sp³-hybridized carbons (Fsp3) is 0.192. The zero-order chi connectivity index (χ0) is 22.6. The highest BCUT2D eigenvalue weighted by Gasteiger charge is 2.22. The Morgan fingerprint density at radius 3 is 2.41 bits per heavy atom. The van der Waals surface area contributed by atoms with Crippen LogP contribution in [0, 0.1) is 20.8 Å². The van der Waals surface area contributed by atoms with Crippen LogP contribution in [0.4, 0.5) is 0 Å². The molecule has 0 N–H and O–H groups in total. The maximum Gasteiger partial charge on any atom is 0.252 e. The molecular formula is C26H24N4O2. The van der Waals surface area contributed by atoms with Gasteiger partial charge in [-0.1, -0.05) is 36.4 Å². The number of benzene rings is 2. The van der Waals surface area contributed by atoms with Gasteiger partial charge in [-0.2, -0.15) is 5.10 Å². The first-order valence-corrected chi connectivity index (χ1v) is 10.6. The lowest BCUT2D eigenvalue weighted by atomic mass is 10.1. The summed E-state index contributed by atoms with van der Waals surface area (Å²) >= 11 is 0. The number of para-hydroxylation sites is 2. The van der Waals surface area contributed by atoms with Gasteiger partial charge in [0.25, 0.3) is 5.56 Å². The van der Waals surface area contributed by atoms with Gasteiger partial charge in [0.05, 0.1) is 17.9 Å². The summed E-state index contributed by atoms with van der Waals surface area (Å²) in [4.78, 5) is 26.7. The van der Waals surface area contributed by atoms with Crippen LogP contribution in [-0.4, -0.2) is 24.7 Å². The summed E-state index contributed by atoms with van der Waals surface area (Å²) in [5.41, 5.74) is 5.51. The van der Waals surface area contributed by atoms with E-state index in [9.17, 15) is 9.59 Å². The molecule has 0 bridgehead atoms. The number of carbonyl (C=O) groups excluding carboxylic acids is 1. The van der Waals surface area contributed by atoms with Crippen LogP contribution in [-0.2, 0) is 13.6 Å². The Labute approximate surface area is 185 Å². The van der Waals surface area contributed by atoms with E-state index in [2.05, 4.69) is 0 Å². The van der Waals surface area contributed by atoms with E-state index < -0.39 is 0 Å². The summed E-state index contributed by atoms with van der Waals surface area (Å²) in [7, 11) is 1.96. The number of rotatable bonds is 4. The number of nitrogens with zero attached hydrogens (tertiary/aromatic N) is 4. The molecule has 0 spiro atoms. The molecule has 0 aliphatic carbocycles. The van der Waals surface area contributed by atoms with E-state index in [4.69, 9.17) is 5.10 Å². The summed E-state index contributed by atoms with van der Waals surface area (Å²) < 4.78 is 5.34. The van der Waals surface area contributed by atoms with Crippen molar-refractivity contribution in [1.29, 1.82) is 0 Å². The third kappa shape index (κ3) is 2.91. The Morgan fingerprint density at radius 1 is 0.969 bits per heavy atom. The molecule has 0 unspecified atom stereocenters. The third-order valence-electron chi connectivity index (χ3n) is 6.27. The predicted molar refractivity (Wildman–Crippen MR) is 127 cm³/mol. The zero-order valence-corrected chi connectivity index (χ0v) is 18.6. The normalized spacial score (nSPS) is 11.5. The Bertz CT molecular complexity index is 1570. The molecule has 5 aromatic rings. The Morgan fingerprint density at radius 2 is 1.66 bits per heavy atom. The molecule has 0 radical (unpaired) electrons. The lowest BCUT2D eigenvalue weighted by Crippen LogP contribution is -2.26. The molecule has 6 heteroatoms. The minimum absolute atomic E-state index is 0.0531. The van der Waals surface area contributed by atoms with Gasteiger partial charge < -0.3 is 4.57 Å². The standard InChI is InChI=1S/C26H24N4O2/c1-16-14-23(32)29(26-24(16)17(2)27-30(26)19-10-6-5-7-11-19)15-22(31)25-18(3)28(4)21-13-9-8-12-20(21)25/h5-14H,15H2,1-4H3. The molecule has 3 heterocycles. The third-order valence-corrected chi connectivity index (χ3v) is 6.27. The topological polar surface area (TPSA) is 61.8 Å². The van der Waals surface area contributed by atoms with Gasteiger partial charge >= 0.3 is 0 Å².